The third kappa shape index (κ3) is 2.16. The molecule has 1 amide bonds. The van der Waals surface area contributed by atoms with Gasteiger partial charge in [0.15, 0.2) is 5.60 Å². The SMILES string of the molecule is O=C1N(C2CCN(C3Cc4cccc5cccc3c45)CC2)c2ccccc2C12CO2. The lowest BCUT2D eigenvalue weighted by atomic mass is 9.98. The summed E-state index contributed by atoms with van der Waals surface area (Å²) in [5.41, 5.74) is 4.42. The Balaban J connectivity index is 1.14. The molecule has 7 rings (SSSR count). The third-order valence-corrected chi connectivity index (χ3v) is 7.70. The molecule has 0 N–H and O–H groups in total. The molecule has 0 saturated carbocycles. The van der Waals surface area contributed by atoms with E-state index < -0.39 is 5.60 Å². The number of likely N-dealkylation sites (tertiary alicyclic amines) is 1. The van der Waals surface area contributed by atoms with E-state index in [-0.39, 0.29) is 11.9 Å². The molecule has 4 aliphatic rings. The van der Waals surface area contributed by atoms with Crippen LogP contribution in [0.2, 0.25) is 0 Å². The molecular formula is C26H24N2O2. The van der Waals surface area contributed by atoms with E-state index >= 15 is 0 Å². The maximum absolute atomic E-state index is 13.2. The molecule has 4 nitrogen and oxygen atoms in total. The summed E-state index contributed by atoms with van der Waals surface area (Å²) < 4.78 is 5.69. The lowest BCUT2D eigenvalue weighted by molar-refractivity contribution is -0.123. The average molecular weight is 396 g/mol. The number of rotatable bonds is 2. The summed E-state index contributed by atoms with van der Waals surface area (Å²) in [6.07, 6.45) is 3.13. The minimum Gasteiger partial charge on any atom is -0.354 e. The number of anilines is 1. The zero-order chi connectivity index (χ0) is 19.9. The van der Waals surface area contributed by atoms with Crippen molar-refractivity contribution >= 4 is 22.4 Å². The Morgan fingerprint density at radius 1 is 0.933 bits per heavy atom. The van der Waals surface area contributed by atoms with Crippen LogP contribution in [0, 0.1) is 0 Å². The molecule has 0 bridgehead atoms. The first kappa shape index (κ1) is 17.0. The Hall–Kier alpha value is -2.69. The van der Waals surface area contributed by atoms with E-state index in [2.05, 4.69) is 58.3 Å². The number of ether oxygens (including phenoxy) is 1. The maximum atomic E-state index is 13.2. The number of nitrogens with zero attached hydrogens (tertiary/aromatic N) is 2. The molecule has 1 aliphatic carbocycles. The number of benzene rings is 3. The van der Waals surface area contributed by atoms with Crippen molar-refractivity contribution in [2.45, 2.75) is 36.9 Å². The molecule has 4 heteroatoms. The first-order valence-electron chi connectivity index (χ1n) is 11.1. The second-order valence-corrected chi connectivity index (χ2v) is 9.16. The molecule has 3 aliphatic heterocycles. The topological polar surface area (TPSA) is 36.1 Å². The van der Waals surface area contributed by atoms with Crippen LogP contribution in [0.4, 0.5) is 5.69 Å². The molecule has 30 heavy (non-hydrogen) atoms. The van der Waals surface area contributed by atoms with Crippen LogP contribution in [0.25, 0.3) is 10.8 Å². The summed E-state index contributed by atoms with van der Waals surface area (Å²) in [4.78, 5) is 17.9. The normalized spacial score (nSPS) is 27.9. The summed E-state index contributed by atoms with van der Waals surface area (Å²) in [6.45, 7) is 2.58. The molecule has 2 atom stereocenters. The minimum absolute atomic E-state index is 0.153. The van der Waals surface area contributed by atoms with Crippen LogP contribution in [0.5, 0.6) is 0 Å². The van der Waals surface area contributed by atoms with Crippen LogP contribution >= 0.6 is 0 Å². The Morgan fingerprint density at radius 3 is 2.50 bits per heavy atom. The summed E-state index contributed by atoms with van der Waals surface area (Å²) in [7, 11) is 0. The van der Waals surface area contributed by atoms with E-state index in [1.807, 2.05) is 12.1 Å². The predicted molar refractivity (Wildman–Crippen MR) is 117 cm³/mol. The number of para-hydroxylation sites is 1. The highest BCUT2D eigenvalue weighted by atomic mass is 16.6. The number of carbonyl (C=O) groups excluding carboxylic acids is 1. The van der Waals surface area contributed by atoms with Gasteiger partial charge in [-0.1, -0.05) is 54.6 Å². The van der Waals surface area contributed by atoms with E-state index in [0.717, 1.165) is 43.6 Å². The van der Waals surface area contributed by atoms with Crippen molar-refractivity contribution in [1.29, 1.82) is 0 Å². The quantitative estimate of drug-likeness (QED) is 0.610. The van der Waals surface area contributed by atoms with Crippen LogP contribution < -0.4 is 4.90 Å². The summed E-state index contributed by atoms with van der Waals surface area (Å²) >= 11 is 0. The van der Waals surface area contributed by atoms with Gasteiger partial charge in [-0.2, -0.15) is 0 Å². The zero-order valence-corrected chi connectivity index (χ0v) is 16.9. The molecule has 0 aromatic heterocycles. The van der Waals surface area contributed by atoms with Gasteiger partial charge in [-0.05, 0) is 47.2 Å². The summed E-state index contributed by atoms with van der Waals surface area (Å²) in [6, 6.07) is 22.3. The van der Waals surface area contributed by atoms with Crippen molar-refractivity contribution in [2.75, 3.05) is 24.6 Å². The van der Waals surface area contributed by atoms with Gasteiger partial charge in [-0.25, -0.2) is 0 Å². The first-order chi connectivity index (χ1) is 14.8. The Bertz CT molecular complexity index is 1190. The van der Waals surface area contributed by atoms with Crippen molar-refractivity contribution in [3.8, 4) is 0 Å². The number of amides is 1. The van der Waals surface area contributed by atoms with Crippen molar-refractivity contribution in [3.63, 3.8) is 0 Å². The van der Waals surface area contributed by atoms with Crippen LogP contribution in [0.3, 0.4) is 0 Å². The predicted octanol–water partition coefficient (Wildman–Crippen LogP) is 4.17. The van der Waals surface area contributed by atoms with E-state index in [0.29, 0.717) is 12.6 Å². The van der Waals surface area contributed by atoms with Crippen molar-refractivity contribution in [1.82, 2.24) is 4.90 Å². The van der Waals surface area contributed by atoms with Crippen LogP contribution in [0.1, 0.15) is 35.6 Å². The van der Waals surface area contributed by atoms with Gasteiger partial charge in [0, 0.05) is 30.7 Å². The van der Waals surface area contributed by atoms with Gasteiger partial charge < -0.3 is 9.64 Å². The second kappa shape index (κ2) is 5.93. The minimum atomic E-state index is -0.670. The smallest absolute Gasteiger partial charge is 0.266 e. The number of hydrogen-bond donors (Lipinski definition) is 0. The van der Waals surface area contributed by atoms with E-state index in [1.165, 1.54) is 21.9 Å². The lowest BCUT2D eigenvalue weighted by Crippen LogP contribution is -2.48. The zero-order valence-electron chi connectivity index (χ0n) is 16.9. The molecule has 2 saturated heterocycles. The van der Waals surface area contributed by atoms with E-state index in [4.69, 9.17) is 4.74 Å². The highest BCUT2D eigenvalue weighted by Gasteiger charge is 2.62. The lowest BCUT2D eigenvalue weighted by Gasteiger charge is -2.40. The molecular weight excluding hydrogens is 372 g/mol. The highest BCUT2D eigenvalue weighted by Crippen LogP contribution is 2.52. The number of piperidine rings is 1. The number of epoxide rings is 1. The molecule has 150 valence electrons. The third-order valence-electron chi connectivity index (χ3n) is 7.70. The monoisotopic (exact) mass is 396 g/mol. The summed E-state index contributed by atoms with van der Waals surface area (Å²) in [5, 5.41) is 2.82. The molecule has 2 unspecified atom stereocenters. The van der Waals surface area contributed by atoms with Crippen molar-refractivity contribution in [2.24, 2.45) is 0 Å². The van der Waals surface area contributed by atoms with E-state index in [1.54, 1.807) is 0 Å². The van der Waals surface area contributed by atoms with Crippen LogP contribution in [0.15, 0.2) is 60.7 Å². The fourth-order valence-electron chi connectivity index (χ4n) is 6.16. The van der Waals surface area contributed by atoms with Gasteiger partial charge in [0.25, 0.3) is 5.91 Å². The van der Waals surface area contributed by atoms with Gasteiger partial charge in [0.05, 0.1) is 12.3 Å². The Kier molecular flexibility index (Phi) is 3.37. The number of fused-ring (bicyclic) bond motifs is 2. The average Bonchev–Trinajstić information content (AvgIpc) is 3.46. The van der Waals surface area contributed by atoms with E-state index in [9.17, 15) is 4.79 Å². The fourth-order valence-corrected chi connectivity index (χ4v) is 6.16. The molecule has 3 aromatic carbocycles. The van der Waals surface area contributed by atoms with Gasteiger partial charge in [0.1, 0.15) is 0 Å². The largest absolute Gasteiger partial charge is 0.354 e. The van der Waals surface area contributed by atoms with Crippen LogP contribution in [-0.2, 0) is 21.6 Å². The maximum Gasteiger partial charge on any atom is 0.266 e. The van der Waals surface area contributed by atoms with Gasteiger partial charge in [-0.15, -0.1) is 0 Å². The van der Waals surface area contributed by atoms with Gasteiger partial charge in [0.2, 0.25) is 0 Å². The number of hydrogen-bond acceptors (Lipinski definition) is 3. The molecule has 3 heterocycles. The summed E-state index contributed by atoms with van der Waals surface area (Å²) in [5.74, 6) is 0.153. The Morgan fingerprint density at radius 2 is 1.70 bits per heavy atom. The fraction of sp³-hybridized carbons (Fsp3) is 0.346. The standard InChI is InChI=1S/C26H24N2O2/c29-25-26(16-30-26)21-9-1-2-10-22(21)28(25)19-11-13-27(14-12-19)23-15-18-7-3-5-17-6-4-8-20(23)24(17)18/h1-10,19,23H,11-16H2. The molecule has 1 spiro atoms. The molecule has 3 aromatic rings. The first-order valence-corrected chi connectivity index (χ1v) is 11.1. The second-order valence-electron chi connectivity index (χ2n) is 9.16. The number of carbonyl (C=O) groups is 1. The van der Waals surface area contributed by atoms with Crippen molar-refractivity contribution in [3.05, 3.63) is 77.4 Å². The van der Waals surface area contributed by atoms with Crippen molar-refractivity contribution < 1.29 is 9.53 Å². The van der Waals surface area contributed by atoms with Gasteiger partial charge >= 0.3 is 0 Å². The van der Waals surface area contributed by atoms with Gasteiger partial charge in [-0.3, -0.25) is 9.69 Å². The molecule has 2 fully saturated rings. The van der Waals surface area contributed by atoms with Crippen LogP contribution in [-0.4, -0.2) is 36.5 Å². The molecule has 0 radical (unpaired) electrons. The highest BCUT2D eigenvalue weighted by molar-refractivity contribution is 6.09. The Labute approximate surface area is 176 Å².